The molecular weight excluding hydrogens is 327 g/mol. The highest BCUT2D eigenvalue weighted by Gasteiger charge is 2.22. The van der Waals surface area contributed by atoms with Crippen molar-refractivity contribution in [3.63, 3.8) is 0 Å². The zero-order valence-corrected chi connectivity index (χ0v) is 14.6. The molecule has 0 radical (unpaired) electrons. The molecule has 1 aromatic heterocycles. The molecule has 4 N–H and O–H groups in total. The van der Waals surface area contributed by atoms with Crippen molar-refractivity contribution < 1.29 is 14.8 Å². The van der Waals surface area contributed by atoms with Crippen molar-refractivity contribution in [1.29, 1.82) is 0 Å². The van der Waals surface area contributed by atoms with E-state index in [1.807, 2.05) is 30.3 Å². The zero-order valence-electron chi connectivity index (χ0n) is 14.6. The number of carbonyl (C=O) groups is 1. The normalized spacial score (nSPS) is 12.2. The van der Waals surface area contributed by atoms with Crippen LogP contribution in [0.4, 0.5) is 0 Å². The Morgan fingerprint density at radius 2 is 1.96 bits per heavy atom. The molecule has 2 aromatic carbocycles. The Kier molecular flexibility index (Phi) is 5.47. The molecule has 0 unspecified atom stereocenters. The summed E-state index contributed by atoms with van der Waals surface area (Å²) in [5.41, 5.74) is 8.64. The van der Waals surface area contributed by atoms with Gasteiger partial charge in [0.1, 0.15) is 5.78 Å². The van der Waals surface area contributed by atoms with E-state index < -0.39 is 13.0 Å². The number of hydrogen-bond donors (Lipinski definition) is 3. The van der Waals surface area contributed by atoms with Crippen LogP contribution in [0.15, 0.2) is 54.9 Å². The lowest BCUT2D eigenvalue weighted by Gasteiger charge is -2.17. The summed E-state index contributed by atoms with van der Waals surface area (Å²) in [4.78, 5) is 16.9. The van der Waals surface area contributed by atoms with Crippen molar-refractivity contribution in [3.05, 3.63) is 71.5 Å². The van der Waals surface area contributed by atoms with E-state index >= 15 is 0 Å². The SMILES string of the molecule is Cc1ccc([C@@H](CN)C(=O)Cc2ccc3cnccc3c2)cc1B(O)O. The van der Waals surface area contributed by atoms with E-state index in [4.69, 9.17) is 5.73 Å². The monoisotopic (exact) mass is 348 g/mol. The van der Waals surface area contributed by atoms with E-state index in [2.05, 4.69) is 4.98 Å². The topological polar surface area (TPSA) is 96.4 Å². The van der Waals surface area contributed by atoms with Crippen LogP contribution >= 0.6 is 0 Å². The molecule has 0 aliphatic rings. The van der Waals surface area contributed by atoms with Crippen molar-refractivity contribution >= 4 is 29.1 Å². The number of hydrogen-bond acceptors (Lipinski definition) is 5. The molecule has 0 saturated carbocycles. The molecule has 6 heteroatoms. The van der Waals surface area contributed by atoms with E-state index in [-0.39, 0.29) is 18.7 Å². The van der Waals surface area contributed by atoms with Gasteiger partial charge >= 0.3 is 7.12 Å². The fourth-order valence-corrected chi connectivity index (χ4v) is 3.17. The number of nitrogens with two attached hydrogens (primary N) is 1. The van der Waals surface area contributed by atoms with Crippen LogP contribution in [0.2, 0.25) is 0 Å². The van der Waals surface area contributed by atoms with Gasteiger partial charge in [-0.05, 0) is 35.0 Å². The van der Waals surface area contributed by atoms with Gasteiger partial charge in [-0.1, -0.05) is 42.0 Å². The fourth-order valence-electron chi connectivity index (χ4n) is 3.17. The molecule has 3 aromatic rings. The molecule has 0 aliphatic heterocycles. The predicted molar refractivity (Wildman–Crippen MR) is 103 cm³/mol. The summed E-state index contributed by atoms with van der Waals surface area (Å²) in [6, 6.07) is 13.0. The molecule has 3 rings (SSSR count). The first-order chi connectivity index (χ1) is 12.5. The minimum absolute atomic E-state index is 0.00291. The van der Waals surface area contributed by atoms with Crippen LogP contribution in [0.5, 0.6) is 0 Å². The lowest BCUT2D eigenvalue weighted by atomic mass is 9.75. The summed E-state index contributed by atoms with van der Waals surface area (Å²) in [5.74, 6) is -0.482. The van der Waals surface area contributed by atoms with Gasteiger partial charge in [-0.2, -0.15) is 0 Å². The first-order valence-corrected chi connectivity index (χ1v) is 8.51. The second-order valence-electron chi connectivity index (χ2n) is 6.48. The number of ketones is 1. The van der Waals surface area contributed by atoms with Crippen molar-refractivity contribution in [3.8, 4) is 0 Å². The van der Waals surface area contributed by atoms with Gasteiger partial charge in [-0.25, -0.2) is 0 Å². The number of carbonyl (C=O) groups excluding carboxylic acids is 1. The molecule has 0 bridgehead atoms. The number of benzene rings is 2. The van der Waals surface area contributed by atoms with Gasteiger partial charge in [0.2, 0.25) is 0 Å². The fraction of sp³-hybridized carbons (Fsp3) is 0.200. The molecule has 0 fully saturated rings. The molecule has 0 saturated heterocycles. The Bertz CT molecular complexity index is 943. The summed E-state index contributed by atoms with van der Waals surface area (Å²) < 4.78 is 0. The number of rotatable bonds is 6. The highest BCUT2D eigenvalue weighted by atomic mass is 16.4. The Balaban J connectivity index is 1.85. The number of aromatic nitrogens is 1. The molecule has 0 spiro atoms. The summed E-state index contributed by atoms with van der Waals surface area (Å²) in [5, 5.41) is 21.0. The van der Waals surface area contributed by atoms with Crippen LogP contribution in [0.1, 0.15) is 22.6 Å². The van der Waals surface area contributed by atoms with E-state index in [0.717, 1.165) is 21.9 Å². The Morgan fingerprint density at radius 3 is 2.69 bits per heavy atom. The van der Waals surface area contributed by atoms with Gasteiger partial charge < -0.3 is 15.8 Å². The molecule has 5 nitrogen and oxygen atoms in total. The lowest BCUT2D eigenvalue weighted by molar-refractivity contribution is -0.119. The van der Waals surface area contributed by atoms with Crippen molar-refractivity contribution in [2.24, 2.45) is 5.73 Å². The third-order valence-corrected chi connectivity index (χ3v) is 4.69. The molecule has 0 aliphatic carbocycles. The Hall–Kier alpha value is -2.54. The average Bonchev–Trinajstić information content (AvgIpc) is 2.63. The van der Waals surface area contributed by atoms with Crippen molar-refractivity contribution in [2.45, 2.75) is 19.3 Å². The van der Waals surface area contributed by atoms with Crippen LogP contribution < -0.4 is 11.2 Å². The second kappa shape index (κ2) is 7.78. The van der Waals surface area contributed by atoms with Gasteiger partial charge in [0.15, 0.2) is 0 Å². The van der Waals surface area contributed by atoms with E-state index in [0.29, 0.717) is 11.0 Å². The molecule has 1 heterocycles. The van der Waals surface area contributed by atoms with Crippen LogP contribution in [-0.4, -0.2) is 34.5 Å². The highest BCUT2D eigenvalue weighted by molar-refractivity contribution is 6.59. The molecule has 26 heavy (non-hydrogen) atoms. The number of nitrogens with zero attached hydrogens (tertiary/aromatic N) is 1. The van der Waals surface area contributed by atoms with Gasteiger partial charge in [0.05, 0.1) is 5.92 Å². The molecule has 132 valence electrons. The minimum atomic E-state index is -1.57. The van der Waals surface area contributed by atoms with Gasteiger partial charge in [0.25, 0.3) is 0 Å². The molecule has 1 atom stereocenters. The van der Waals surface area contributed by atoms with Gasteiger partial charge in [0, 0.05) is 30.7 Å². The third-order valence-electron chi connectivity index (χ3n) is 4.69. The quantitative estimate of drug-likeness (QED) is 0.579. The van der Waals surface area contributed by atoms with E-state index in [1.165, 1.54) is 0 Å². The van der Waals surface area contributed by atoms with Crippen LogP contribution in [-0.2, 0) is 11.2 Å². The van der Waals surface area contributed by atoms with E-state index in [9.17, 15) is 14.8 Å². The maximum absolute atomic E-state index is 12.8. The first kappa shape index (κ1) is 18.3. The Labute approximate surface area is 152 Å². The van der Waals surface area contributed by atoms with Crippen molar-refractivity contribution in [2.75, 3.05) is 6.54 Å². The zero-order chi connectivity index (χ0) is 18.7. The first-order valence-electron chi connectivity index (χ1n) is 8.51. The van der Waals surface area contributed by atoms with Gasteiger partial charge in [-0.15, -0.1) is 0 Å². The summed E-state index contributed by atoms with van der Waals surface area (Å²) in [7, 11) is -1.57. The maximum atomic E-state index is 12.8. The highest BCUT2D eigenvalue weighted by Crippen LogP contribution is 2.20. The van der Waals surface area contributed by atoms with E-state index in [1.54, 1.807) is 31.5 Å². The van der Waals surface area contributed by atoms with Crippen LogP contribution in [0.3, 0.4) is 0 Å². The van der Waals surface area contributed by atoms with Gasteiger partial charge in [-0.3, -0.25) is 9.78 Å². The number of fused-ring (bicyclic) bond motifs is 1. The number of aryl methyl sites for hydroxylation is 1. The van der Waals surface area contributed by atoms with Crippen LogP contribution in [0.25, 0.3) is 10.8 Å². The second-order valence-corrected chi connectivity index (χ2v) is 6.48. The lowest BCUT2D eigenvalue weighted by Crippen LogP contribution is -2.33. The summed E-state index contributed by atoms with van der Waals surface area (Å²) in [6.07, 6.45) is 3.79. The number of Topliss-reactive ketones (excluding diaryl/α,β-unsaturated/α-hetero) is 1. The average molecular weight is 348 g/mol. The Morgan fingerprint density at radius 1 is 1.15 bits per heavy atom. The van der Waals surface area contributed by atoms with Crippen molar-refractivity contribution in [1.82, 2.24) is 4.98 Å². The summed E-state index contributed by atoms with van der Waals surface area (Å²) in [6.45, 7) is 1.96. The summed E-state index contributed by atoms with van der Waals surface area (Å²) >= 11 is 0. The predicted octanol–water partition coefficient (Wildman–Crippen LogP) is 1.08. The largest absolute Gasteiger partial charge is 0.488 e. The smallest absolute Gasteiger partial charge is 0.423 e. The minimum Gasteiger partial charge on any atom is -0.423 e. The number of pyridine rings is 1. The standard InChI is InChI=1S/C20H21BN2O3/c1-13-2-4-16(10-19(13)21(25)26)18(11-22)20(24)9-14-3-5-17-12-23-7-6-15(17)8-14/h2-8,10,12,18,25-26H,9,11,22H2,1H3/t18-/m1/s1. The third kappa shape index (κ3) is 3.83. The van der Waals surface area contributed by atoms with Crippen LogP contribution in [0, 0.1) is 6.92 Å². The molecule has 0 amide bonds. The molecular formula is C20H21BN2O3. The maximum Gasteiger partial charge on any atom is 0.488 e.